The van der Waals surface area contributed by atoms with Crippen LogP contribution in [-0.4, -0.2) is 58.9 Å². The highest BCUT2D eigenvalue weighted by Crippen LogP contribution is 2.52. The van der Waals surface area contributed by atoms with E-state index in [0.717, 1.165) is 44.2 Å². The van der Waals surface area contributed by atoms with Gasteiger partial charge in [0.05, 0.1) is 29.3 Å². The van der Waals surface area contributed by atoms with Gasteiger partial charge in [0.15, 0.2) is 0 Å². The Hall–Kier alpha value is -3.11. The number of nitrogens with zero attached hydrogens (tertiary/aromatic N) is 6. The predicted molar refractivity (Wildman–Crippen MR) is 132 cm³/mol. The third-order valence-electron chi connectivity index (χ3n) is 6.95. The van der Waals surface area contributed by atoms with Gasteiger partial charge in [0.1, 0.15) is 32.9 Å². The van der Waals surface area contributed by atoms with Crippen LogP contribution in [0.25, 0.3) is 27.3 Å². The summed E-state index contributed by atoms with van der Waals surface area (Å²) in [4.78, 5) is 30.0. The summed E-state index contributed by atoms with van der Waals surface area (Å²) in [6, 6.07) is 3.89. The molecule has 1 N–H and O–H groups in total. The number of hydrogen-bond donors (Lipinski definition) is 1. The molecule has 0 spiro atoms. The molecule has 35 heavy (non-hydrogen) atoms. The molecule has 1 aliphatic heterocycles. The topological polar surface area (TPSA) is 106 Å². The number of thiophene rings is 1. The van der Waals surface area contributed by atoms with E-state index in [9.17, 15) is 9.90 Å². The number of carbonyl (C=O) groups is 1. The van der Waals surface area contributed by atoms with E-state index in [1.807, 2.05) is 57.5 Å². The Morgan fingerprint density at radius 3 is 2.74 bits per heavy atom. The average molecular weight is 493 g/mol. The van der Waals surface area contributed by atoms with E-state index in [-0.39, 0.29) is 18.1 Å². The van der Waals surface area contributed by atoms with Gasteiger partial charge in [-0.15, -0.1) is 11.3 Å². The first-order valence-corrected chi connectivity index (χ1v) is 12.6. The molecule has 2 fully saturated rings. The fourth-order valence-corrected chi connectivity index (χ4v) is 6.56. The SMILES string of the molecule is Cc1cn2nc(-c3cnc4cc([C@@]5(O)C[C@@H]6C[C@H]5CN6C(=O)OC(C)(C)C)sc4n3)cc2c(C)n1. The minimum Gasteiger partial charge on any atom is -0.444 e. The van der Waals surface area contributed by atoms with Crippen molar-refractivity contribution in [3.8, 4) is 11.4 Å². The highest BCUT2D eigenvalue weighted by Gasteiger charge is 2.57. The molecule has 182 valence electrons. The van der Waals surface area contributed by atoms with Crippen LogP contribution in [0.15, 0.2) is 24.5 Å². The Labute approximate surface area is 206 Å². The predicted octanol–water partition coefficient (Wildman–Crippen LogP) is 4.23. The Balaban J connectivity index is 1.28. The summed E-state index contributed by atoms with van der Waals surface area (Å²) < 4.78 is 7.39. The van der Waals surface area contributed by atoms with Gasteiger partial charge >= 0.3 is 6.09 Å². The molecule has 4 aromatic rings. The summed E-state index contributed by atoms with van der Waals surface area (Å²) in [7, 11) is 0. The molecule has 0 aromatic carbocycles. The lowest BCUT2D eigenvalue weighted by Gasteiger charge is -2.37. The van der Waals surface area contributed by atoms with Crippen molar-refractivity contribution >= 4 is 33.3 Å². The minimum absolute atomic E-state index is 0.0279. The van der Waals surface area contributed by atoms with Crippen molar-refractivity contribution in [1.82, 2.24) is 29.5 Å². The molecule has 1 saturated heterocycles. The van der Waals surface area contributed by atoms with E-state index < -0.39 is 11.2 Å². The molecule has 2 aliphatic rings. The van der Waals surface area contributed by atoms with Crippen molar-refractivity contribution in [2.75, 3.05) is 6.54 Å². The van der Waals surface area contributed by atoms with E-state index in [0.29, 0.717) is 18.7 Å². The van der Waals surface area contributed by atoms with Crippen molar-refractivity contribution in [1.29, 1.82) is 0 Å². The van der Waals surface area contributed by atoms with Crippen LogP contribution in [0, 0.1) is 19.8 Å². The minimum atomic E-state index is -0.986. The van der Waals surface area contributed by atoms with Crippen LogP contribution in [-0.2, 0) is 10.3 Å². The standard InChI is InChI=1S/C25H28N6O3S/c1-13-11-31-20(14(2)27-13)7-17(29-31)19-10-26-18-8-21(35-22(18)28-19)25(33)9-16-6-15(25)12-30(16)23(32)34-24(3,4)5/h7-8,10-11,15-16,33H,6,9,12H2,1-5H3/t15-,16-,25+/m0/s1. The lowest BCUT2D eigenvalue weighted by molar-refractivity contribution is -0.0415. The van der Waals surface area contributed by atoms with Crippen LogP contribution in [0.3, 0.4) is 0 Å². The van der Waals surface area contributed by atoms with Crippen LogP contribution in [0.1, 0.15) is 49.9 Å². The highest BCUT2D eigenvalue weighted by molar-refractivity contribution is 7.18. The number of likely N-dealkylation sites (tertiary alicyclic amines) is 1. The number of fused-ring (bicyclic) bond motifs is 4. The molecular weight excluding hydrogens is 464 g/mol. The van der Waals surface area contributed by atoms with Gasteiger partial charge in [-0.05, 0) is 53.2 Å². The molecule has 5 heterocycles. The Morgan fingerprint density at radius 1 is 1.23 bits per heavy atom. The summed E-state index contributed by atoms with van der Waals surface area (Å²) in [5.74, 6) is -0.0373. The Kier molecular flexibility index (Phi) is 4.76. The fraction of sp³-hybridized carbons (Fsp3) is 0.480. The molecule has 3 atom stereocenters. The zero-order chi connectivity index (χ0) is 24.7. The molecule has 1 amide bonds. The molecule has 2 bridgehead atoms. The number of amides is 1. The second kappa shape index (κ2) is 7.44. The number of aromatic nitrogens is 5. The maximum absolute atomic E-state index is 12.6. The van der Waals surface area contributed by atoms with Gasteiger partial charge in [0, 0.05) is 29.8 Å². The summed E-state index contributed by atoms with van der Waals surface area (Å²) in [5, 5.41) is 16.3. The lowest BCUT2D eigenvalue weighted by atomic mass is 9.87. The van der Waals surface area contributed by atoms with Crippen molar-refractivity contribution in [3.05, 3.63) is 40.8 Å². The van der Waals surface area contributed by atoms with Crippen molar-refractivity contribution in [2.24, 2.45) is 5.92 Å². The maximum atomic E-state index is 12.6. The van der Waals surface area contributed by atoms with Gasteiger partial charge in [-0.1, -0.05) is 0 Å². The Morgan fingerprint density at radius 2 is 2.03 bits per heavy atom. The van der Waals surface area contributed by atoms with Gasteiger partial charge in [-0.25, -0.2) is 14.3 Å². The summed E-state index contributed by atoms with van der Waals surface area (Å²) in [5.41, 5.74) is 3.40. The van der Waals surface area contributed by atoms with Gasteiger partial charge in [0.2, 0.25) is 0 Å². The Bertz CT molecular complexity index is 1490. The van der Waals surface area contributed by atoms with Crippen LogP contribution in [0.5, 0.6) is 0 Å². The van der Waals surface area contributed by atoms with E-state index >= 15 is 0 Å². The molecule has 6 rings (SSSR count). The van der Waals surface area contributed by atoms with E-state index in [1.165, 1.54) is 11.3 Å². The fourth-order valence-electron chi connectivity index (χ4n) is 5.39. The third kappa shape index (κ3) is 3.66. The van der Waals surface area contributed by atoms with Crippen LogP contribution in [0.4, 0.5) is 4.79 Å². The molecular formula is C25H28N6O3S. The first-order chi connectivity index (χ1) is 16.5. The van der Waals surface area contributed by atoms with Gasteiger partial charge in [0.25, 0.3) is 0 Å². The summed E-state index contributed by atoms with van der Waals surface area (Å²) in [6.07, 6.45) is 4.58. The molecule has 9 nitrogen and oxygen atoms in total. The van der Waals surface area contributed by atoms with Crippen LogP contribution >= 0.6 is 11.3 Å². The molecule has 1 saturated carbocycles. The van der Waals surface area contributed by atoms with Crippen molar-refractivity contribution < 1.29 is 14.6 Å². The number of ether oxygens (including phenoxy) is 1. The molecule has 0 radical (unpaired) electrons. The number of piperidine rings is 1. The summed E-state index contributed by atoms with van der Waals surface area (Å²) in [6.45, 7) is 10.0. The quantitative estimate of drug-likeness (QED) is 0.446. The highest BCUT2D eigenvalue weighted by atomic mass is 32.1. The molecule has 1 aliphatic carbocycles. The van der Waals surface area contributed by atoms with Crippen molar-refractivity contribution in [2.45, 2.75) is 64.7 Å². The van der Waals surface area contributed by atoms with Gasteiger partial charge in [-0.3, -0.25) is 9.97 Å². The number of rotatable bonds is 2. The first-order valence-electron chi connectivity index (χ1n) is 11.8. The van der Waals surface area contributed by atoms with Crippen LogP contribution < -0.4 is 0 Å². The van der Waals surface area contributed by atoms with E-state index in [2.05, 4.69) is 15.1 Å². The largest absolute Gasteiger partial charge is 0.444 e. The van der Waals surface area contributed by atoms with Crippen molar-refractivity contribution in [3.63, 3.8) is 0 Å². The van der Waals surface area contributed by atoms with E-state index in [1.54, 1.807) is 11.1 Å². The zero-order valence-corrected chi connectivity index (χ0v) is 21.3. The monoisotopic (exact) mass is 492 g/mol. The zero-order valence-electron chi connectivity index (χ0n) is 20.4. The first kappa shape index (κ1) is 22.4. The smallest absolute Gasteiger partial charge is 0.410 e. The second-order valence-electron chi connectivity index (χ2n) is 10.7. The number of aryl methyl sites for hydroxylation is 2. The summed E-state index contributed by atoms with van der Waals surface area (Å²) >= 11 is 1.47. The number of carbonyl (C=O) groups excluding carboxylic acids is 1. The van der Waals surface area contributed by atoms with E-state index in [4.69, 9.17) is 9.72 Å². The normalized spacial score (nSPS) is 24.1. The molecule has 0 unspecified atom stereocenters. The number of hydrogen-bond acceptors (Lipinski definition) is 8. The second-order valence-corrected chi connectivity index (χ2v) is 11.8. The number of aliphatic hydroxyl groups is 1. The lowest BCUT2D eigenvalue weighted by Crippen LogP contribution is -2.47. The van der Waals surface area contributed by atoms with Crippen LogP contribution in [0.2, 0.25) is 0 Å². The van der Waals surface area contributed by atoms with Gasteiger partial charge < -0.3 is 14.7 Å². The van der Waals surface area contributed by atoms with Gasteiger partial charge in [-0.2, -0.15) is 5.10 Å². The average Bonchev–Trinajstić information content (AvgIpc) is 3.52. The third-order valence-corrected chi connectivity index (χ3v) is 8.14. The maximum Gasteiger partial charge on any atom is 0.410 e. The molecule has 4 aromatic heterocycles. The molecule has 10 heteroatoms.